The number of ether oxygens (including phenoxy) is 1. The molecule has 5 heteroatoms. The van der Waals surface area contributed by atoms with Gasteiger partial charge in [0.05, 0.1) is 18.8 Å². The molecule has 1 heterocycles. The molecule has 1 aliphatic heterocycles. The molecule has 0 bridgehead atoms. The van der Waals surface area contributed by atoms with E-state index in [0.717, 1.165) is 0 Å². The highest BCUT2D eigenvalue weighted by atomic mass is 16.5. The molecular formula is C10H17NO4. The minimum atomic E-state index is -0.736. The Morgan fingerprint density at radius 2 is 2.00 bits per heavy atom. The van der Waals surface area contributed by atoms with Crippen LogP contribution >= 0.6 is 0 Å². The standard InChI is InChI=1S/C10H17NO4/c1-3-15-10(14)7(2)4-11-5-8(12)9(13)6-11/h8-9,12-13H,2-6H2,1H3. The van der Waals surface area contributed by atoms with Crippen LogP contribution in [-0.2, 0) is 9.53 Å². The predicted octanol–water partition coefficient (Wildman–Crippen LogP) is -0.857. The van der Waals surface area contributed by atoms with Gasteiger partial charge in [0.2, 0.25) is 0 Å². The van der Waals surface area contributed by atoms with Gasteiger partial charge in [-0.25, -0.2) is 4.79 Å². The van der Waals surface area contributed by atoms with Crippen LogP contribution in [0.1, 0.15) is 6.92 Å². The van der Waals surface area contributed by atoms with Crippen molar-refractivity contribution in [3.63, 3.8) is 0 Å². The maximum absolute atomic E-state index is 11.2. The van der Waals surface area contributed by atoms with Crippen LogP contribution in [0, 0.1) is 0 Å². The van der Waals surface area contributed by atoms with Crippen molar-refractivity contribution in [2.24, 2.45) is 0 Å². The Balaban J connectivity index is 2.36. The zero-order valence-electron chi connectivity index (χ0n) is 8.85. The predicted molar refractivity (Wildman–Crippen MR) is 54.2 cm³/mol. The van der Waals surface area contributed by atoms with Crippen molar-refractivity contribution in [2.45, 2.75) is 19.1 Å². The van der Waals surface area contributed by atoms with E-state index in [-0.39, 0.29) is 0 Å². The number of rotatable bonds is 4. The molecule has 0 aromatic heterocycles. The van der Waals surface area contributed by atoms with Crippen LogP contribution in [0.4, 0.5) is 0 Å². The summed E-state index contributed by atoms with van der Waals surface area (Å²) < 4.78 is 4.78. The van der Waals surface area contributed by atoms with E-state index < -0.39 is 18.2 Å². The van der Waals surface area contributed by atoms with Gasteiger partial charge in [0, 0.05) is 25.2 Å². The van der Waals surface area contributed by atoms with Crippen LogP contribution in [0.5, 0.6) is 0 Å². The molecule has 1 saturated heterocycles. The molecule has 0 amide bonds. The summed E-state index contributed by atoms with van der Waals surface area (Å²) in [6.07, 6.45) is -1.47. The first kappa shape index (κ1) is 12.2. The summed E-state index contributed by atoms with van der Waals surface area (Å²) >= 11 is 0. The highest BCUT2D eigenvalue weighted by Crippen LogP contribution is 2.11. The second kappa shape index (κ2) is 5.25. The van der Waals surface area contributed by atoms with Crippen LogP contribution in [0.25, 0.3) is 0 Å². The van der Waals surface area contributed by atoms with Gasteiger partial charge in [-0.05, 0) is 6.92 Å². The van der Waals surface area contributed by atoms with Crippen molar-refractivity contribution in [1.82, 2.24) is 4.90 Å². The molecule has 1 fully saturated rings. The van der Waals surface area contributed by atoms with Gasteiger partial charge in [-0.2, -0.15) is 0 Å². The van der Waals surface area contributed by atoms with Crippen LogP contribution in [-0.4, -0.2) is 59.5 Å². The number of carbonyl (C=O) groups excluding carboxylic acids is 1. The zero-order valence-corrected chi connectivity index (χ0v) is 8.85. The van der Waals surface area contributed by atoms with Crippen LogP contribution in [0.15, 0.2) is 12.2 Å². The smallest absolute Gasteiger partial charge is 0.334 e. The van der Waals surface area contributed by atoms with Gasteiger partial charge in [0.15, 0.2) is 0 Å². The fourth-order valence-electron chi connectivity index (χ4n) is 1.54. The number of likely N-dealkylation sites (tertiary alicyclic amines) is 1. The molecule has 0 radical (unpaired) electrons. The average molecular weight is 215 g/mol. The van der Waals surface area contributed by atoms with Gasteiger partial charge in [-0.15, -0.1) is 0 Å². The SMILES string of the molecule is C=C(CN1CC(O)C(O)C1)C(=O)OCC. The number of carbonyl (C=O) groups is 1. The van der Waals surface area contributed by atoms with Crippen molar-refractivity contribution in [3.05, 3.63) is 12.2 Å². The van der Waals surface area contributed by atoms with Crippen molar-refractivity contribution in [2.75, 3.05) is 26.2 Å². The summed E-state index contributed by atoms with van der Waals surface area (Å²) in [5.41, 5.74) is 0.346. The number of hydrogen-bond acceptors (Lipinski definition) is 5. The molecule has 1 rings (SSSR count). The van der Waals surface area contributed by atoms with Crippen molar-refractivity contribution < 1.29 is 19.7 Å². The molecule has 0 aromatic rings. The highest BCUT2D eigenvalue weighted by molar-refractivity contribution is 5.88. The Morgan fingerprint density at radius 1 is 1.47 bits per heavy atom. The molecule has 0 saturated carbocycles. The maximum atomic E-state index is 11.2. The van der Waals surface area contributed by atoms with Crippen molar-refractivity contribution in [3.8, 4) is 0 Å². The summed E-state index contributed by atoms with van der Waals surface area (Å²) in [6.45, 7) is 6.71. The molecule has 0 aromatic carbocycles. The highest BCUT2D eigenvalue weighted by Gasteiger charge is 2.30. The molecule has 2 unspecified atom stereocenters. The summed E-state index contributed by atoms with van der Waals surface area (Å²) in [7, 11) is 0. The van der Waals surface area contributed by atoms with E-state index in [1.165, 1.54) is 0 Å². The molecule has 1 aliphatic rings. The topological polar surface area (TPSA) is 70.0 Å². The van der Waals surface area contributed by atoms with E-state index in [1.807, 2.05) is 0 Å². The monoisotopic (exact) mass is 215 g/mol. The van der Waals surface area contributed by atoms with E-state index >= 15 is 0 Å². The lowest BCUT2D eigenvalue weighted by molar-refractivity contribution is -0.138. The van der Waals surface area contributed by atoms with Crippen LogP contribution in [0.2, 0.25) is 0 Å². The van der Waals surface area contributed by atoms with Crippen LogP contribution in [0.3, 0.4) is 0 Å². The number of esters is 1. The minimum Gasteiger partial charge on any atom is -0.463 e. The second-order valence-corrected chi connectivity index (χ2v) is 3.65. The summed E-state index contributed by atoms with van der Waals surface area (Å²) in [6, 6.07) is 0. The van der Waals surface area contributed by atoms with Gasteiger partial charge < -0.3 is 14.9 Å². The molecule has 0 aliphatic carbocycles. The van der Waals surface area contributed by atoms with Crippen LogP contribution < -0.4 is 0 Å². The number of aliphatic hydroxyl groups is 2. The van der Waals surface area contributed by atoms with E-state index in [4.69, 9.17) is 4.74 Å². The quantitative estimate of drug-likeness (QED) is 0.472. The van der Waals surface area contributed by atoms with Gasteiger partial charge in [0.25, 0.3) is 0 Å². The fraction of sp³-hybridized carbons (Fsp3) is 0.700. The second-order valence-electron chi connectivity index (χ2n) is 3.65. The number of hydrogen-bond donors (Lipinski definition) is 2. The Labute approximate surface area is 89.0 Å². The van der Waals surface area contributed by atoms with E-state index in [1.54, 1.807) is 11.8 Å². The minimum absolute atomic E-state index is 0.323. The largest absolute Gasteiger partial charge is 0.463 e. The molecule has 2 N–H and O–H groups in total. The van der Waals surface area contributed by atoms with Gasteiger partial charge in [-0.1, -0.05) is 6.58 Å². The lowest BCUT2D eigenvalue weighted by Crippen LogP contribution is -2.27. The van der Waals surface area contributed by atoms with E-state index in [9.17, 15) is 15.0 Å². The van der Waals surface area contributed by atoms with Gasteiger partial charge in [-0.3, -0.25) is 4.90 Å². The number of nitrogens with zero attached hydrogens (tertiary/aromatic N) is 1. The first-order valence-electron chi connectivity index (χ1n) is 4.98. The third kappa shape index (κ3) is 3.30. The first-order valence-corrected chi connectivity index (χ1v) is 4.98. The lowest BCUT2D eigenvalue weighted by Gasteiger charge is -2.15. The van der Waals surface area contributed by atoms with Crippen molar-refractivity contribution in [1.29, 1.82) is 0 Å². The van der Waals surface area contributed by atoms with Gasteiger partial charge in [0.1, 0.15) is 0 Å². The Hall–Kier alpha value is -0.910. The van der Waals surface area contributed by atoms with E-state index in [0.29, 0.717) is 31.8 Å². The Kier molecular flexibility index (Phi) is 4.26. The lowest BCUT2D eigenvalue weighted by atomic mass is 10.3. The maximum Gasteiger partial charge on any atom is 0.334 e. The summed E-state index contributed by atoms with van der Waals surface area (Å²) in [5.74, 6) is -0.423. The first-order chi connectivity index (χ1) is 7.04. The molecule has 2 atom stereocenters. The fourth-order valence-corrected chi connectivity index (χ4v) is 1.54. The summed E-state index contributed by atoms with van der Waals surface area (Å²) in [5, 5.41) is 18.6. The van der Waals surface area contributed by atoms with Gasteiger partial charge >= 0.3 is 5.97 Å². The number of β-amino-alcohol motifs (C(OH)–C–C–N with tert-alkyl or cyclic N) is 2. The molecule has 15 heavy (non-hydrogen) atoms. The van der Waals surface area contributed by atoms with E-state index in [2.05, 4.69) is 6.58 Å². The summed E-state index contributed by atoms with van der Waals surface area (Å²) in [4.78, 5) is 13.0. The Bertz CT molecular complexity index is 244. The average Bonchev–Trinajstić information content (AvgIpc) is 2.46. The molecule has 0 spiro atoms. The molecule has 86 valence electrons. The Morgan fingerprint density at radius 3 is 2.47 bits per heavy atom. The normalized spacial score (nSPS) is 26.6. The number of aliphatic hydroxyl groups excluding tert-OH is 2. The zero-order chi connectivity index (χ0) is 11.4. The van der Waals surface area contributed by atoms with Crippen molar-refractivity contribution >= 4 is 5.97 Å². The third-order valence-corrected chi connectivity index (χ3v) is 2.31. The molecule has 5 nitrogen and oxygen atoms in total. The molecular weight excluding hydrogens is 198 g/mol. The third-order valence-electron chi connectivity index (χ3n) is 2.31.